The van der Waals surface area contributed by atoms with Crippen molar-refractivity contribution in [2.45, 2.75) is 32.3 Å². The van der Waals surface area contributed by atoms with Crippen LogP contribution < -0.4 is 10.0 Å². The zero-order valence-corrected chi connectivity index (χ0v) is 13.3. The molecule has 124 valence electrons. The topological polar surface area (TPSA) is 82.3 Å². The van der Waals surface area contributed by atoms with Crippen LogP contribution in [0.2, 0.25) is 0 Å². The van der Waals surface area contributed by atoms with Gasteiger partial charge in [-0.05, 0) is 55.5 Å². The van der Waals surface area contributed by atoms with Gasteiger partial charge in [0.2, 0.25) is 0 Å². The van der Waals surface area contributed by atoms with E-state index in [2.05, 4.69) is 5.32 Å². The first-order valence-electron chi connectivity index (χ1n) is 7.86. The lowest BCUT2D eigenvalue weighted by Gasteiger charge is -2.14. The van der Waals surface area contributed by atoms with E-state index in [4.69, 9.17) is 4.74 Å². The predicted molar refractivity (Wildman–Crippen MR) is 87.4 cm³/mol. The van der Waals surface area contributed by atoms with Gasteiger partial charge < -0.3 is 15.3 Å². The summed E-state index contributed by atoms with van der Waals surface area (Å²) in [6, 6.07) is 10.2. The number of amides is 1. The lowest BCUT2D eigenvalue weighted by atomic mass is 10.1. The molecular weight excluding hydrogens is 308 g/mol. The Kier molecular flexibility index (Phi) is 4.46. The zero-order chi connectivity index (χ0) is 17.1. The third-order valence-electron chi connectivity index (χ3n) is 4.05. The first-order valence-corrected chi connectivity index (χ1v) is 7.86. The Hall–Kier alpha value is -2.89. The fourth-order valence-corrected chi connectivity index (χ4v) is 2.75. The minimum atomic E-state index is -1.01. The van der Waals surface area contributed by atoms with Gasteiger partial charge in [0, 0.05) is 17.8 Å². The standard InChI is InChI=1S/C18H18N2O4/c1-12(24-18(22)16-7-2-3-10-20(16)23)17(21)19-15-9-8-13-5-4-6-14(13)11-15/h2-3,7-12H,4-6H2,1H3,(H,19,21)/t12-/m1/s1. The van der Waals surface area contributed by atoms with Crippen LogP contribution in [-0.4, -0.2) is 18.0 Å². The second-order valence-electron chi connectivity index (χ2n) is 5.79. The molecule has 3 rings (SSSR count). The van der Waals surface area contributed by atoms with E-state index in [0.717, 1.165) is 19.3 Å². The van der Waals surface area contributed by atoms with Crippen LogP contribution in [0, 0.1) is 5.21 Å². The van der Waals surface area contributed by atoms with Crippen molar-refractivity contribution in [1.29, 1.82) is 0 Å². The molecular formula is C18H18N2O4. The number of anilines is 1. The summed E-state index contributed by atoms with van der Waals surface area (Å²) in [6.45, 7) is 1.47. The molecule has 1 amide bonds. The highest BCUT2D eigenvalue weighted by Gasteiger charge is 2.24. The number of nitrogens with zero attached hydrogens (tertiary/aromatic N) is 1. The van der Waals surface area contributed by atoms with E-state index in [1.165, 1.54) is 36.4 Å². The molecule has 2 aromatic rings. The van der Waals surface area contributed by atoms with Crippen molar-refractivity contribution in [2.75, 3.05) is 5.32 Å². The number of pyridine rings is 1. The monoisotopic (exact) mass is 326 g/mol. The van der Waals surface area contributed by atoms with E-state index in [1.54, 1.807) is 6.07 Å². The second kappa shape index (κ2) is 6.70. The molecule has 0 radical (unpaired) electrons. The zero-order valence-electron chi connectivity index (χ0n) is 13.3. The molecule has 1 N–H and O–H groups in total. The van der Waals surface area contributed by atoms with E-state index in [-0.39, 0.29) is 5.69 Å². The molecule has 0 saturated heterocycles. The number of ether oxygens (including phenoxy) is 1. The maximum absolute atomic E-state index is 12.2. The lowest BCUT2D eigenvalue weighted by Crippen LogP contribution is -2.37. The average Bonchev–Trinajstić information content (AvgIpc) is 3.02. The molecule has 0 fully saturated rings. The molecule has 0 aliphatic heterocycles. The minimum absolute atomic E-state index is 0.158. The summed E-state index contributed by atoms with van der Waals surface area (Å²) in [5.41, 5.74) is 3.09. The smallest absolute Gasteiger partial charge is 0.405 e. The van der Waals surface area contributed by atoms with Gasteiger partial charge in [0.1, 0.15) is 0 Å². The maximum atomic E-state index is 12.2. The molecule has 0 bridgehead atoms. The largest absolute Gasteiger partial charge is 0.618 e. The molecule has 6 nitrogen and oxygen atoms in total. The van der Waals surface area contributed by atoms with E-state index >= 15 is 0 Å². The van der Waals surface area contributed by atoms with Crippen LogP contribution in [0.4, 0.5) is 5.69 Å². The fourth-order valence-electron chi connectivity index (χ4n) is 2.75. The van der Waals surface area contributed by atoms with Crippen molar-refractivity contribution >= 4 is 17.6 Å². The van der Waals surface area contributed by atoms with Gasteiger partial charge in [-0.3, -0.25) is 4.79 Å². The molecule has 0 spiro atoms. The summed E-state index contributed by atoms with van der Waals surface area (Å²) < 4.78 is 5.48. The van der Waals surface area contributed by atoms with Crippen LogP contribution >= 0.6 is 0 Å². The van der Waals surface area contributed by atoms with Crippen molar-refractivity contribution in [3.8, 4) is 0 Å². The summed E-state index contributed by atoms with van der Waals surface area (Å²) in [6.07, 6.45) is 3.41. The predicted octanol–water partition coefficient (Wildman–Crippen LogP) is 1.99. The van der Waals surface area contributed by atoms with Crippen molar-refractivity contribution in [3.05, 3.63) is 64.6 Å². The highest BCUT2D eigenvalue weighted by molar-refractivity contribution is 5.96. The van der Waals surface area contributed by atoms with E-state index in [0.29, 0.717) is 10.4 Å². The SMILES string of the molecule is C[C@@H](OC(=O)c1cccc[n+]1[O-])C(=O)Nc1ccc2c(c1)CCC2. The van der Waals surface area contributed by atoms with Crippen LogP contribution in [0.1, 0.15) is 35.0 Å². The van der Waals surface area contributed by atoms with Gasteiger partial charge in [0.05, 0.1) is 0 Å². The van der Waals surface area contributed by atoms with Crippen molar-refractivity contribution in [3.63, 3.8) is 0 Å². The van der Waals surface area contributed by atoms with Gasteiger partial charge in [-0.1, -0.05) is 6.07 Å². The number of aryl methyl sites for hydroxylation is 2. The highest BCUT2D eigenvalue weighted by atomic mass is 16.6. The van der Waals surface area contributed by atoms with Gasteiger partial charge in [-0.2, -0.15) is 4.73 Å². The van der Waals surface area contributed by atoms with Gasteiger partial charge in [-0.15, -0.1) is 0 Å². The number of hydrogen-bond donors (Lipinski definition) is 1. The van der Waals surface area contributed by atoms with E-state index < -0.39 is 18.0 Å². The molecule has 1 aromatic heterocycles. The summed E-state index contributed by atoms with van der Waals surface area (Å²) in [5, 5.41) is 14.3. The van der Waals surface area contributed by atoms with E-state index in [9.17, 15) is 14.8 Å². The number of rotatable bonds is 4. The number of fused-ring (bicyclic) bond motifs is 1. The molecule has 1 heterocycles. The number of nitrogens with one attached hydrogen (secondary N) is 1. The number of carbonyl (C=O) groups is 2. The van der Waals surface area contributed by atoms with E-state index in [1.807, 2.05) is 18.2 Å². The summed E-state index contributed by atoms with van der Waals surface area (Å²) in [4.78, 5) is 24.2. The minimum Gasteiger partial charge on any atom is -0.618 e. The second-order valence-corrected chi connectivity index (χ2v) is 5.79. The highest BCUT2D eigenvalue weighted by Crippen LogP contribution is 2.25. The van der Waals surface area contributed by atoms with Crippen molar-refractivity contribution < 1.29 is 19.1 Å². The number of benzene rings is 1. The van der Waals surface area contributed by atoms with Crippen LogP contribution in [-0.2, 0) is 22.4 Å². The Morgan fingerprint density at radius 2 is 2.00 bits per heavy atom. The molecule has 1 atom stereocenters. The van der Waals surface area contributed by atoms with Crippen molar-refractivity contribution in [2.24, 2.45) is 0 Å². The molecule has 0 saturated carbocycles. The van der Waals surface area contributed by atoms with Crippen LogP contribution in [0.15, 0.2) is 42.6 Å². The number of carbonyl (C=O) groups excluding carboxylic acids is 2. The molecule has 24 heavy (non-hydrogen) atoms. The third kappa shape index (κ3) is 3.37. The number of hydrogen-bond acceptors (Lipinski definition) is 4. The first kappa shape index (κ1) is 16.0. The molecule has 1 aliphatic rings. The number of aromatic nitrogens is 1. The molecule has 0 unspecified atom stereocenters. The maximum Gasteiger partial charge on any atom is 0.405 e. The Morgan fingerprint density at radius 3 is 2.79 bits per heavy atom. The first-order chi connectivity index (χ1) is 11.5. The Morgan fingerprint density at radius 1 is 1.21 bits per heavy atom. The summed E-state index contributed by atoms with van der Waals surface area (Å²) >= 11 is 0. The fraction of sp³-hybridized carbons (Fsp3) is 0.278. The molecule has 1 aliphatic carbocycles. The Labute approximate surface area is 139 Å². The van der Waals surface area contributed by atoms with Crippen LogP contribution in [0.25, 0.3) is 0 Å². The van der Waals surface area contributed by atoms with Crippen molar-refractivity contribution in [1.82, 2.24) is 0 Å². The summed E-state index contributed by atoms with van der Waals surface area (Å²) in [5.74, 6) is -1.27. The summed E-state index contributed by atoms with van der Waals surface area (Å²) in [7, 11) is 0. The Bertz CT molecular complexity index is 788. The van der Waals surface area contributed by atoms with Crippen LogP contribution in [0.5, 0.6) is 0 Å². The lowest BCUT2D eigenvalue weighted by molar-refractivity contribution is -0.608. The van der Waals surface area contributed by atoms with Crippen LogP contribution in [0.3, 0.4) is 0 Å². The van der Waals surface area contributed by atoms with Gasteiger partial charge in [0.15, 0.2) is 12.3 Å². The Balaban J connectivity index is 1.63. The average molecular weight is 326 g/mol. The van der Waals surface area contributed by atoms with Gasteiger partial charge in [-0.25, -0.2) is 4.79 Å². The number of esters is 1. The molecule has 6 heteroatoms. The van der Waals surface area contributed by atoms with Gasteiger partial charge >= 0.3 is 11.7 Å². The molecule has 1 aromatic carbocycles. The quantitative estimate of drug-likeness (QED) is 0.529. The third-order valence-corrected chi connectivity index (χ3v) is 4.05. The van der Waals surface area contributed by atoms with Gasteiger partial charge in [0.25, 0.3) is 5.91 Å². The normalized spacial score (nSPS) is 13.9.